The number of carbonyl (C=O) groups excluding carboxylic acids is 1. The Morgan fingerprint density at radius 1 is 1.03 bits per heavy atom. The first kappa shape index (κ1) is 28.1. The van der Waals surface area contributed by atoms with Crippen LogP contribution in [0.1, 0.15) is 37.1 Å². The molecule has 2 aromatic carbocycles. The van der Waals surface area contributed by atoms with E-state index in [0.717, 1.165) is 17.7 Å². The Hall–Kier alpha value is -3.43. The lowest BCUT2D eigenvalue weighted by Crippen LogP contribution is -2.44. The van der Waals surface area contributed by atoms with Gasteiger partial charge in [0.25, 0.3) is 5.91 Å². The average molecular weight is 535 g/mol. The van der Waals surface area contributed by atoms with E-state index in [-0.39, 0.29) is 19.6 Å². The third kappa shape index (κ3) is 7.30. The molecule has 0 atom stereocenters. The van der Waals surface area contributed by atoms with E-state index in [0.29, 0.717) is 33.1 Å². The topological polar surface area (TPSA) is 88.5 Å². The number of benzene rings is 2. The molecular formula is C27H26ClF3N2O4. The molecule has 196 valence electrons. The molecule has 1 heterocycles. The number of aryl methyl sites for hydroxylation is 1. The summed E-state index contributed by atoms with van der Waals surface area (Å²) in [5, 5.41) is 11.8. The SMILES string of the molecule is Cc1nc(-c2ccc(C(F)(F)F)cc2)c(-c2ccc(Cl)cc2)cc1COC(C)(C)C(=O)NCCC(=O)O. The molecule has 3 rings (SSSR count). The Labute approximate surface area is 217 Å². The number of carboxylic acid groups (broad SMARTS) is 1. The van der Waals surface area contributed by atoms with Gasteiger partial charge in [-0.1, -0.05) is 35.9 Å². The number of carbonyl (C=O) groups is 2. The van der Waals surface area contributed by atoms with Gasteiger partial charge in [0.1, 0.15) is 5.60 Å². The number of rotatable bonds is 9. The lowest BCUT2D eigenvalue weighted by atomic mass is 9.96. The Morgan fingerprint density at radius 2 is 1.62 bits per heavy atom. The Kier molecular flexibility index (Phi) is 8.60. The second-order valence-corrected chi connectivity index (χ2v) is 9.35. The number of nitrogens with zero attached hydrogens (tertiary/aromatic N) is 1. The van der Waals surface area contributed by atoms with Crippen LogP contribution in [0.5, 0.6) is 0 Å². The third-order valence-corrected chi connectivity index (χ3v) is 5.97. The van der Waals surface area contributed by atoms with Crippen LogP contribution in [0.2, 0.25) is 5.02 Å². The number of carboxylic acids is 1. The summed E-state index contributed by atoms with van der Waals surface area (Å²) >= 11 is 6.04. The molecule has 0 aliphatic carbocycles. The van der Waals surface area contributed by atoms with Crippen LogP contribution in [-0.4, -0.2) is 34.1 Å². The predicted octanol–water partition coefficient (Wildman–Crippen LogP) is 6.28. The number of aromatic nitrogens is 1. The summed E-state index contributed by atoms with van der Waals surface area (Å²) in [5.41, 5.74) is 1.65. The monoisotopic (exact) mass is 534 g/mol. The second kappa shape index (κ2) is 11.3. The highest BCUT2D eigenvalue weighted by molar-refractivity contribution is 6.30. The summed E-state index contributed by atoms with van der Waals surface area (Å²) in [6.45, 7) is 4.89. The average Bonchev–Trinajstić information content (AvgIpc) is 2.83. The fourth-order valence-electron chi connectivity index (χ4n) is 3.50. The standard InChI is InChI=1S/C27H26ClF3N2O4/c1-16-19(15-37-26(2,3)25(36)32-13-12-23(34)35)14-22(17-6-10-21(28)11-7-17)24(33-16)18-4-8-20(9-5-18)27(29,30)31/h4-11,14H,12-13,15H2,1-3H3,(H,32,36)(H,34,35). The van der Waals surface area contributed by atoms with Crippen molar-refractivity contribution < 1.29 is 32.6 Å². The molecule has 0 aliphatic rings. The van der Waals surface area contributed by atoms with Gasteiger partial charge in [0.05, 0.1) is 24.3 Å². The minimum absolute atomic E-state index is 0.0199. The van der Waals surface area contributed by atoms with Gasteiger partial charge in [-0.2, -0.15) is 13.2 Å². The van der Waals surface area contributed by atoms with Gasteiger partial charge in [-0.05, 0) is 62.2 Å². The van der Waals surface area contributed by atoms with E-state index in [2.05, 4.69) is 10.3 Å². The van der Waals surface area contributed by atoms with Gasteiger partial charge in [-0.25, -0.2) is 0 Å². The first-order valence-corrected chi connectivity index (χ1v) is 11.7. The summed E-state index contributed by atoms with van der Waals surface area (Å²) in [6.07, 6.45) is -4.66. The number of pyridine rings is 1. The van der Waals surface area contributed by atoms with Crippen LogP contribution in [-0.2, 0) is 27.1 Å². The van der Waals surface area contributed by atoms with Crippen LogP contribution in [0.25, 0.3) is 22.4 Å². The van der Waals surface area contributed by atoms with Crippen LogP contribution in [0, 0.1) is 6.92 Å². The third-order valence-electron chi connectivity index (χ3n) is 5.72. The van der Waals surface area contributed by atoms with Crippen LogP contribution in [0.4, 0.5) is 13.2 Å². The van der Waals surface area contributed by atoms with Crippen molar-refractivity contribution in [3.05, 3.63) is 76.4 Å². The van der Waals surface area contributed by atoms with Crippen molar-refractivity contribution in [3.8, 4) is 22.4 Å². The molecule has 3 aromatic rings. The molecule has 0 unspecified atom stereocenters. The molecule has 0 saturated heterocycles. The van der Waals surface area contributed by atoms with Gasteiger partial charge in [-0.3, -0.25) is 14.6 Å². The highest BCUT2D eigenvalue weighted by Crippen LogP contribution is 2.36. The first-order chi connectivity index (χ1) is 17.3. The molecular weight excluding hydrogens is 509 g/mol. The molecule has 0 aliphatic heterocycles. The van der Waals surface area contributed by atoms with Crippen LogP contribution in [0.15, 0.2) is 54.6 Å². The molecule has 0 saturated carbocycles. The second-order valence-electron chi connectivity index (χ2n) is 8.91. The number of ether oxygens (including phenoxy) is 1. The highest BCUT2D eigenvalue weighted by Gasteiger charge is 2.31. The Bertz CT molecular complexity index is 1270. The molecule has 0 radical (unpaired) electrons. The minimum Gasteiger partial charge on any atom is -0.481 e. The molecule has 10 heteroatoms. The van der Waals surface area contributed by atoms with Gasteiger partial charge in [0.2, 0.25) is 0 Å². The predicted molar refractivity (Wildman–Crippen MR) is 134 cm³/mol. The molecule has 0 fully saturated rings. The summed E-state index contributed by atoms with van der Waals surface area (Å²) in [5.74, 6) is -1.48. The maximum atomic E-state index is 13.1. The van der Waals surface area contributed by atoms with E-state index in [1.165, 1.54) is 12.1 Å². The number of aliphatic carboxylic acids is 1. The number of halogens is 4. The fraction of sp³-hybridized carbons (Fsp3) is 0.296. The van der Waals surface area contributed by atoms with Crippen molar-refractivity contribution in [1.29, 1.82) is 0 Å². The molecule has 1 amide bonds. The van der Waals surface area contributed by atoms with E-state index in [4.69, 9.17) is 21.4 Å². The van der Waals surface area contributed by atoms with Gasteiger partial charge < -0.3 is 15.2 Å². The number of alkyl halides is 3. The number of nitrogens with one attached hydrogen (secondary N) is 1. The van der Waals surface area contributed by atoms with E-state index in [1.807, 2.05) is 6.07 Å². The highest BCUT2D eigenvalue weighted by atomic mass is 35.5. The van der Waals surface area contributed by atoms with Gasteiger partial charge in [0.15, 0.2) is 0 Å². The van der Waals surface area contributed by atoms with E-state index in [1.54, 1.807) is 45.0 Å². The lowest BCUT2D eigenvalue weighted by Gasteiger charge is -2.25. The zero-order chi connectivity index (χ0) is 27.4. The minimum atomic E-state index is -4.45. The van der Waals surface area contributed by atoms with Gasteiger partial charge in [0, 0.05) is 28.4 Å². The first-order valence-electron chi connectivity index (χ1n) is 11.4. The van der Waals surface area contributed by atoms with Crippen LogP contribution < -0.4 is 5.32 Å². The van der Waals surface area contributed by atoms with E-state index >= 15 is 0 Å². The Balaban J connectivity index is 1.94. The van der Waals surface area contributed by atoms with Crippen molar-refractivity contribution in [2.45, 2.75) is 45.6 Å². The summed E-state index contributed by atoms with van der Waals surface area (Å²) in [6, 6.07) is 13.6. The van der Waals surface area contributed by atoms with E-state index in [9.17, 15) is 22.8 Å². The summed E-state index contributed by atoms with van der Waals surface area (Å²) in [4.78, 5) is 27.9. The van der Waals surface area contributed by atoms with Crippen LogP contribution in [0.3, 0.4) is 0 Å². The molecule has 2 N–H and O–H groups in total. The zero-order valence-electron chi connectivity index (χ0n) is 20.4. The van der Waals surface area contributed by atoms with Crippen molar-refractivity contribution >= 4 is 23.5 Å². The maximum absolute atomic E-state index is 13.1. The molecule has 6 nitrogen and oxygen atoms in total. The maximum Gasteiger partial charge on any atom is 0.416 e. The Morgan fingerprint density at radius 3 is 2.19 bits per heavy atom. The molecule has 0 bridgehead atoms. The lowest BCUT2D eigenvalue weighted by molar-refractivity contribution is -0.144. The van der Waals surface area contributed by atoms with Gasteiger partial charge in [-0.15, -0.1) is 0 Å². The van der Waals surface area contributed by atoms with Crippen molar-refractivity contribution in [1.82, 2.24) is 10.3 Å². The summed E-state index contributed by atoms with van der Waals surface area (Å²) < 4.78 is 45.1. The van der Waals surface area contributed by atoms with Crippen molar-refractivity contribution in [3.63, 3.8) is 0 Å². The number of amides is 1. The van der Waals surface area contributed by atoms with Crippen molar-refractivity contribution in [2.75, 3.05) is 6.54 Å². The molecule has 0 spiro atoms. The largest absolute Gasteiger partial charge is 0.481 e. The number of hydrogen-bond acceptors (Lipinski definition) is 4. The van der Waals surface area contributed by atoms with Crippen molar-refractivity contribution in [2.24, 2.45) is 0 Å². The fourth-order valence-corrected chi connectivity index (χ4v) is 3.63. The quantitative estimate of drug-likeness (QED) is 0.337. The van der Waals surface area contributed by atoms with Gasteiger partial charge >= 0.3 is 12.1 Å². The zero-order valence-corrected chi connectivity index (χ0v) is 21.2. The van der Waals surface area contributed by atoms with E-state index < -0.39 is 29.2 Å². The van der Waals surface area contributed by atoms with Crippen LogP contribution >= 0.6 is 11.6 Å². The number of hydrogen-bond donors (Lipinski definition) is 2. The smallest absolute Gasteiger partial charge is 0.416 e. The molecule has 37 heavy (non-hydrogen) atoms. The molecule has 1 aromatic heterocycles. The normalized spacial score (nSPS) is 11.9. The summed E-state index contributed by atoms with van der Waals surface area (Å²) in [7, 11) is 0.